The number of hydrogen-bond acceptors (Lipinski definition) is 8. The van der Waals surface area contributed by atoms with Crippen LogP contribution in [0.3, 0.4) is 0 Å². The van der Waals surface area contributed by atoms with Gasteiger partial charge in [-0.3, -0.25) is 9.59 Å². The van der Waals surface area contributed by atoms with Crippen LogP contribution in [0.25, 0.3) is 0 Å². The monoisotopic (exact) mass is 1160 g/mol. The highest BCUT2D eigenvalue weighted by Crippen LogP contribution is 2.18. The predicted molar refractivity (Wildman–Crippen MR) is 352 cm³/mol. The van der Waals surface area contributed by atoms with Crippen molar-refractivity contribution in [3.05, 3.63) is 72.9 Å². The second-order valence-electron chi connectivity index (χ2n) is 24.8. The van der Waals surface area contributed by atoms with E-state index in [9.17, 15) is 19.5 Å². The molecular formula is C74H133NO8. The summed E-state index contributed by atoms with van der Waals surface area (Å²) in [5.41, 5.74) is 0. The summed E-state index contributed by atoms with van der Waals surface area (Å²) < 4.78 is 22.8. The molecule has 0 aliphatic rings. The van der Waals surface area contributed by atoms with Crippen molar-refractivity contribution >= 4 is 17.9 Å². The fraction of sp³-hybridized carbons (Fsp3) is 0.797. The average molecular weight is 1160 g/mol. The maximum Gasteiger partial charge on any atom is 0.306 e. The fourth-order valence-electron chi connectivity index (χ4n) is 10.1. The van der Waals surface area contributed by atoms with Crippen molar-refractivity contribution in [1.82, 2.24) is 0 Å². The molecule has 0 fully saturated rings. The summed E-state index contributed by atoms with van der Waals surface area (Å²) in [5.74, 6) is -2.26. The number of nitrogens with zero attached hydrogens (tertiary/aromatic N) is 1. The van der Waals surface area contributed by atoms with Crippen LogP contribution in [-0.4, -0.2) is 82.3 Å². The van der Waals surface area contributed by atoms with E-state index in [-0.39, 0.29) is 32.2 Å². The first-order valence-corrected chi connectivity index (χ1v) is 35.1. The normalized spacial score (nSPS) is 13.1. The highest BCUT2D eigenvalue weighted by atomic mass is 16.7. The Morgan fingerprint density at radius 3 is 1.02 bits per heavy atom. The molecule has 9 heteroatoms. The van der Waals surface area contributed by atoms with Crippen LogP contribution in [-0.2, 0) is 33.3 Å². The number of ether oxygens (including phenoxy) is 4. The van der Waals surface area contributed by atoms with Gasteiger partial charge in [-0.05, 0) is 64.2 Å². The lowest BCUT2D eigenvalue weighted by Gasteiger charge is -2.26. The van der Waals surface area contributed by atoms with Gasteiger partial charge in [0.15, 0.2) is 12.4 Å². The molecule has 0 saturated carbocycles. The Labute approximate surface area is 513 Å². The van der Waals surface area contributed by atoms with Crippen molar-refractivity contribution in [3.8, 4) is 0 Å². The van der Waals surface area contributed by atoms with Crippen molar-refractivity contribution in [2.24, 2.45) is 0 Å². The highest BCUT2D eigenvalue weighted by Gasteiger charge is 2.22. The second-order valence-corrected chi connectivity index (χ2v) is 24.8. The van der Waals surface area contributed by atoms with Crippen LogP contribution in [0.15, 0.2) is 72.9 Å². The van der Waals surface area contributed by atoms with Crippen LogP contribution in [0.4, 0.5) is 0 Å². The minimum Gasteiger partial charge on any atom is -0.545 e. The standard InChI is InChI=1S/C74H133NO8/c1-6-8-10-12-14-16-18-20-22-24-26-28-30-31-32-33-34-35-36-37-38-39-40-41-43-45-47-49-51-53-55-57-59-61-63-65-72(77)83-70(69-82-74(73(78)79)80-67-66-75(3,4)5)68-81-71(76)64-62-60-58-56-54-52-50-48-46-44-42-29-27-25-23-21-19-17-15-13-11-9-7-2/h8,10,14,16,20,22,26,28,31-32,34-35,70,74H,6-7,9,11-13,15,17-19,21,23-25,27,29-30,33,36-69H2,1-5H3/b10-8-,16-14-,22-20-,28-26-,32-31-,35-34-. The zero-order chi connectivity index (χ0) is 60.5. The molecule has 0 amide bonds. The Kier molecular flexibility index (Phi) is 62.2. The van der Waals surface area contributed by atoms with Crippen molar-refractivity contribution in [2.45, 2.75) is 334 Å². The SMILES string of the molecule is CC/C=C\C/C=C\C/C=C\C/C=C\C/C=C\C/C=C\CCCCCCCCCCCCCCCCCCC(=O)OC(COC(=O)CCCCCCCCCCCCCCCCCCCCCCCCC)COC(OCC[N+](C)(C)C)C(=O)[O-]. The van der Waals surface area contributed by atoms with Crippen LogP contribution in [0, 0.1) is 0 Å². The molecule has 0 aromatic heterocycles. The Hall–Kier alpha value is -3.27. The summed E-state index contributed by atoms with van der Waals surface area (Å²) in [6, 6.07) is 0. The number of hydrogen-bond donors (Lipinski definition) is 0. The molecular weight excluding hydrogens is 1030 g/mol. The zero-order valence-electron chi connectivity index (χ0n) is 55.1. The number of aliphatic carboxylic acids is 1. The number of carbonyl (C=O) groups is 3. The molecule has 0 heterocycles. The van der Waals surface area contributed by atoms with Crippen molar-refractivity contribution < 1.29 is 42.9 Å². The van der Waals surface area contributed by atoms with Crippen LogP contribution in [0.2, 0.25) is 0 Å². The van der Waals surface area contributed by atoms with Crippen LogP contribution in [0.1, 0.15) is 322 Å². The third kappa shape index (κ3) is 66.1. The van der Waals surface area contributed by atoms with Crippen molar-refractivity contribution in [3.63, 3.8) is 0 Å². The van der Waals surface area contributed by atoms with Crippen LogP contribution >= 0.6 is 0 Å². The van der Waals surface area contributed by atoms with Gasteiger partial charge in [-0.1, -0.05) is 318 Å². The summed E-state index contributed by atoms with van der Waals surface area (Å²) in [7, 11) is 5.94. The lowest BCUT2D eigenvalue weighted by atomic mass is 10.0. The Balaban J connectivity index is 4.08. The quantitative estimate of drug-likeness (QED) is 0.0195. The maximum atomic E-state index is 12.9. The molecule has 0 aliphatic heterocycles. The predicted octanol–water partition coefficient (Wildman–Crippen LogP) is 20.4. The van der Waals surface area contributed by atoms with Crippen molar-refractivity contribution in [1.29, 1.82) is 0 Å². The van der Waals surface area contributed by atoms with Crippen LogP contribution in [0.5, 0.6) is 0 Å². The van der Waals surface area contributed by atoms with Crippen LogP contribution < -0.4 is 5.11 Å². The molecule has 0 rings (SSSR count). The number of allylic oxidation sites excluding steroid dienone is 12. The molecule has 0 radical (unpaired) electrons. The number of unbranched alkanes of at least 4 members (excludes halogenated alkanes) is 38. The molecule has 0 bridgehead atoms. The molecule has 2 unspecified atom stereocenters. The average Bonchev–Trinajstić information content (AvgIpc) is 3.46. The first kappa shape index (κ1) is 79.7. The molecule has 9 nitrogen and oxygen atoms in total. The number of likely N-dealkylation sites (N-methyl/N-ethyl adjacent to an activating group) is 1. The molecule has 482 valence electrons. The van der Waals surface area contributed by atoms with E-state index in [1.54, 1.807) is 0 Å². The summed E-state index contributed by atoms with van der Waals surface area (Å²) in [5, 5.41) is 11.8. The van der Waals surface area contributed by atoms with Gasteiger partial charge in [0.1, 0.15) is 13.2 Å². The first-order valence-electron chi connectivity index (χ1n) is 35.1. The number of carboxylic acids is 1. The molecule has 0 aliphatic carbocycles. The molecule has 0 aromatic rings. The molecule has 0 N–H and O–H groups in total. The van der Waals surface area contributed by atoms with E-state index in [0.29, 0.717) is 23.9 Å². The van der Waals surface area contributed by atoms with Crippen molar-refractivity contribution in [2.75, 3.05) is 47.5 Å². The van der Waals surface area contributed by atoms with E-state index < -0.39 is 24.3 Å². The largest absolute Gasteiger partial charge is 0.545 e. The Bertz CT molecular complexity index is 1590. The fourth-order valence-corrected chi connectivity index (χ4v) is 10.1. The lowest BCUT2D eigenvalue weighted by Crippen LogP contribution is -2.44. The third-order valence-electron chi connectivity index (χ3n) is 15.5. The van der Waals surface area contributed by atoms with Gasteiger partial charge in [0.05, 0.1) is 40.3 Å². The minimum absolute atomic E-state index is 0.148. The zero-order valence-corrected chi connectivity index (χ0v) is 55.1. The number of carboxylic acid groups (broad SMARTS) is 1. The van der Waals surface area contributed by atoms with Gasteiger partial charge in [-0.15, -0.1) is 0 Å². The van der Waals surface area contributed by atoms with Gasteiger partial charge in [-0.25, -0.2) is 0 Å². The van der Waals surface area contributed by atoms with E-state index in [1.165, 1.54) is 218 Å². The van der Waals surface area contributed by atoms with Gasteiger partial charge in [0.2, 0.25) is 0 Å². The first-order chi connectivity index (χ1) is 40.6. The van der Waals surface area contributed by atoms with Gasteiger partial charge in [0, 0.05) is 12.8 Å². The summed E-state index contributed by atoms with van der Waals surface area (Å²) in [6.07, 6.45) is 82.7. The lowest BCUT2D eigenvalue weighted by molar-refractivity contribution is -0.870. The van der Waals surface area contributed by atoms with E-state index in [0.717, 1.165) is 70.6 Å². The molecule has 0 aromatic carbocycles. The van der Waals surface area contributed by atoms with Gasteiger partial charge >= 0.3 is 11.9 Å². The van der Waals surface area contributed by atoms with E-state index in [1.807, 2.05) is 21.1 Å². The van der Waals surface area contributed by atoms with E-state index in [2.05, 4.69) is 86.8 Å². The third-order valence-corrected chi connectivity index (χ3v) is 15.5. The summed E-state index contributed by atoms with van der Waals surface area (Å²) in [6.45, 7) is 4.69. The van der Waals surface area contributed by atoms with E-state index in [4.69, 9.17) is 18.9 Å². The molecule has 0 saturated heterocycles. The second kappa shape index (κ2) is 64.7. The van der Waals surface area contributed by atoms with Gasteiger partial charge in [-0.2, -0.15) is 0 Å². The summed E-state index contributed by atoms with van der Waals surface area (Å²) in [4.78, 5) is 37.5. The smallest absolute Gasteiger partial charge is 0.306 e. The topological polar surface area (TPSA) is 111 Å². The molecule has 0 spiro atoms. The number of esters is 2. The number of quaternary nitrogens is 1. The van der Waals surface area contributed by atoms with Gasteiger partial charge in [0.25, 0.3) is 0 Å². The molecule has 2 atom stereocenters. The maximum absolute atomic E-state index is 12.9. The Morgan fingerprint density at radius 1 is 0.373 bits per heavy atom. The summed E-state index contributed by atoms with van der Waals surface area (Å²) >= 11 is 0. The Morgan fingerprint density at radius 2 is 0.687 bits per heavy atom. The number of rotatable bonds is 65. The van der Waals surface area contributed by atoms with Gasteiger partial charge < -0.3 is 33.3 Å². The minimum atomic E-state index is -1.62. The number of carbonyl (C=O) groups excluding carboxylic acids is 3. The van der Waals surface area contributed by atoms with E-state index >= 15 is 0 Å². The molecule has 83 heavy (non-hydrogen) atoms. The highest BCUT2D eigenvalue weighted by molar-refractivity contribution is 5.70.